The molecule has 1 atom stereocenters. The number of likely N-dealkylation sites (N-methyl/N-ethyl adjacent to an activating group) is 1. The fourth-order valence-corrected chi connectivity index (χ4v) is 1.90. The van der Waals surface area contributed by atoms with Crippen molar-refractivity contribution in [2.24, 2.45) is 0 Å². The molecule has 7 heteroatoms. The van der Waals surface area contributed by atoms with E-state index in [2.05, 4.69) is 4.74 Å². The van der Waals surface area contributed by atoms with Crippen LogP contribution in [0.15, 0.2) is 12.1 Å². The van der Waals surface area contributed by atoms with Gasteiger partial charge in [0.15, 0.2) is 23.5 Å². The van der Waals surface area contributed by atoms with E-state index in [0.29, 0.717) is 18.6 Å². The van der Waals surface area contributed by atoms with E-state index in [1.54, 1.807) is 6.92 Å². The van der Waals surface area contributed by atoms with Crippen LogP contribution in [-0.2, 0) is 14.3 Å². The quantitative estimate of drug-likeness (QED) is 0.620. The average Bonchev–Trinajstić information content (AvgIpc) is 2.44. The summed E-state index contributed by atoms with van der Waals surface area (Å²) >= 11 is 0. The van der Waals surface area contributed by atoms with Gasteiger partial charge < -0.3 is 9.64 Å². The number of nitrogens with zero attached hydrogens (tertiary/aromatic N) is 1. The maximum Gasteiger partial charge on any atom is 0.333 e. The summed E-state index contributed by atoms with van der Waals surface area (Å²) in [4.78, 5) is 24.7. The SMILES string of the molecule is CCCC(=O)N(C)C(C(=O)OC)c1cc(F)c(F)c(F)c1. The van der Waals surface area contributed by atoms with Gasteiger partial charge in [-0.15, -0.1) is 0 Å². The Hall–Kier alpha value is -2.05. The van der Waals surface area contributed by atoms with Crippen molar-refractivity contribution in [2.45, 2.75) is 25.8 Å². The molecule has 0 bridgehead atoms. The van der Waals surface area contributed by atoms with Gasteiger partial charge in [-0.2, -0.15) is 0 Å². The predicted molar refractivity (Wildman–Crippen MR) is 68.8 cm³/mol. The Balaban J connectivity index is 3.26. The number of hydrogen-bond donors (Lipinski definition) is 0. The minimum Gasteiger partial charge on any atom is -0.467 e. The van der Waals surface area contributed by atoms with Crippen molar-refractivity contribution < 1.29 is 27.5 Å². The number of carbonyl (C=O) groups excluding carboxylic acids is 2. The highest BCUT2D eigenvalue weighted by Crippen LogP contribution is 2.25. The van der Waals surface area contributed by atoms with Crippen LogP contribution in [-0.4, -0.2) is 30.9 Å². The number of rotatable bonds is 5. The molecule has 116 valence electrons. The fraction of sp³-hybridized carbons (Fsp3) is 0.429. The summed E-state index contributed by atoms with van der Waals surface area (Å²) < 4.78 is 44.2. The minimum atomic E-state index is -1.63. The molecular formula is C14H16F3NO3. The van der Waals surface area contributed by atoms with Crippen molar-refractivity contribution >= 4 is 11.9 Å². The molecule has 1 aromatic carbocycles. The minimum absolute atomic E-state index is 0.163. The van der Waals surface area contributed by atoms with Crippen LogP contribution in [0.2, 0.25) is 0 Å². The molecule has 0 radical (unpaired) electrons. The summed E-state index contributed by atoms with van der Waals surface area (Å²) in [5.41, 5.74) is -0.190. The summed E-state index contributed by atoms with van der Waals surface area (Å²) in [7, 11) is 2.41. The highest BCUT2D eigenvalue weighted by atomic mass is 19.2. The molecule has 0 aliphatic heterocycles. The van der Waals surface area contributed by atoms with Crippen LogP contribution in [0.4, 0.5) is 13.2 Å². The van der Waals surface area contributed by atoms with Crippen molar-refractivity contribution in [3.63, 3.8) is 0 Å². The van der Waals surface area contributed by atoms with Crippen LogP contribution < -0.4 is 0 Å². The van der Waals surface area contributed by atoms with E-state index in [0.717, 1.165) is 12.0 Å². The topological polar surface area (TPSA) is 46.6 Å². The number of benzene rings is 1. The molecule has 0 aliphatic carbocycles. The van der Waals surface area contributed by atoms with E-state index in [-0.39, 0.29) is 12.0 Å². The standard InChI is InChI=1S/C14H16F3NO3/c1-4-5-11(19)18(2)13(14(20)21-3)8-6-9(15)12(17)10(16)7-8/h6-7,13H,4-5H2,1-3H3. The molecule has 0 aliphatic rings. The van der Waals surface area contributed by atoms with Gasteiger partial charge in [-0.3, -0.25) is 4.79 Å². The van der Waals surface area contributed by atoms with Gasteiger partial charge in [0.2, 0.25) is 5.91 Å². The average molecular weight is 303 g/mol. The molecule has 0 saturated carbocycles. The molecule has 1 rings (SSSR count). The third-order valence-electron chi connectivity index (χ3n) is 2.99. The number of halogens is 3. The molecule has 21 heavy (non-hydrogen) atoms. The summed E-state index contributed by atoms with van der Waals surface area (Å²) in [6, 6.07) is 0.0180. The first kappa shape index (κ1) is 17.0. The molecule has 0 N–H and O–H groups in total. The van der Waals surface area contributed by atoms with Gasteiger partial charge in [-0.1, -0.05) is 6.92 Å². The largest absolute Gasteiger partial charge is 0.467 e. The lowest BCUT2D eigenvalue weighted by Gasteiger charge is -2.26. The molecular weight excluding hydrogens is 287 g/mol. The van der Waals surface area contributed by atoms with Gasteiger partial charge >= 0.3 is 5.97 Å². The van der Waals surface area contributed by atoms with Crippen molar-refractivity contribution in [3.8, 4) is 0 Å². The van der Waals surface area contributed by atoms with Gasteiger partial charge in [0.05, 0.1) is 7.11 Å². The Morgan fingerprint density at radius 1 is 1.24 bits per heavy atom. The summed E-state index contributed by atoms with van der Waals surface area (Å²) in [5.74, 6) is -5.76. The van der Waals surface area contributed by atoms with E-state index in [1.807, 2.05) is 0 Å². The Morgan fingerprint density at radius 3 is 2.19 bits per heavy atom. The van der Waals surface area contributed by atoms with Gasteiger partial charge in [0, 0.05) is 13.5 Å². The molecule has 4 nitrogen and oxygen atoms in total. The van der Waals surface area contributed by atoms with E-state index in [9.17, 15) is 22.8 Å². The van der Waals surface area contributed by atoms with Crippen LogP contribution in [0.3, 0.4) is 0 Å². The van der Waals surface area contributed by atoms with E-state index < -0.39 is 35.4 Å². The Kier molecular flexibility index (Phi) is 5.75. The fourth-order valence-electron chi connectivity index (χ4n) is 1.90. The van der Waals surface area contributed by atoms with E-state index in [1.165, 1.54) is 7.05 Å². The normalized spacial score (nSPS) is 11.9. The number of carbonyl (C=O) groups is 2. The number of amides is 1. The van der Waals surface area contributed by atoms with Crippen LogP contribution in [0, 0.1) is 17.5 Å². The maximum absolute atomic E-state index is 13.3. The van der Waals surface area contributed by atoms with Gasteiger partial charge in [0.25, 0.3) is 0 Å². The van der Waals surface area contributed by atoms with Gasteiger partial charge in [-0.25, -0.2) is 18.0 Å². The second kappa shape index (κ2) is 7.10. The molecule has 0 spiro atoms. The lowest BCUT2D eigenvalue weighted by atomic mass is 10.0. The number of esters is 1. The second-order valence-electron chi connectivity index (χ2n) is 4.48. The number of ether oxygens (including phenoxy) is 1. The summed E-state index contributed by atoms with van der Waals surface area (Å²) in [6.45, 7) is 1.77. The van der Waals surface area contributed by atoms with Crippen molar-refractivity contribution in [3.05, 3.63) is 35.1 Å². The van der Waals surface area contributed by atoms with Crippen LogP contribution >= 0.6 is 0 Å². The van der Waals surface area contributed by atoms with E-state index in [4.69, 9.17) is 0 Å². The smallest absolute Gasteiger partial charge is 0.333 e. The highest BCUT2D eigenvalue weighted by molar-refractivity contribution is 5.85. The highest BCUT2D eigenvalue weighted by Gasteiger charge is 2.30. The first-order valence-corrected chi connectivity index (χ1v) is 6.31. The van der Waals surface area contributed by atoms with Crippen molar-refractivity contribution in [1.82, 2.24) is 4.90 Å². The van der Waals surface area contributed by atoms with Gasteiger partial charge in [0.1, 0.15) is 0 Å². The zero-order valence-electron chi connectivity index (χ0n) is 12.0. The van der Waals surface area contributed by atoms with Crippen LogP contribution in [0.25, 0.3) is 0 Å². The van der Waals surface area contributed by atoms with E-state index >= 15 is 0 Å². The predicted octanol–water partition coefficient (Wildman–Crippen LogP) is 2.58. The Morgan fingerprint density at radius 2 is 1.76 bits per heavy atom. The summed E-state index contributed by atoms with van der Waals surface area (Å²) in [5, 5.41) is 0. The molecule has 0 fully saturated rings. The number of methoxy groups -OCH3 is 1. The monoisotopic (exact) mass is 303 g/mol. The first-order valence-electron chi connectivity index (χ1n) is 6.31. The maximum atomic E-state index is 13.3. The van der Waals surface area contributed by atoms with Crippen molar-refractivity contribution in [2.75, 3.05) is 14.2 Å². The molecule has 0 aromatic heterocycles. The number of hydrogen-bond acceptors (Lipinski definition) is 3. The zero-order valence-corrected chi connectivity index (χ0v) is 12.0. The third kappa shape index (κ3) is 3.74. The zero-order chi connectivity index (χ0) is 16.2. The molecule has 0 heterocycles. The van der Waals surface area contributed by atoms with Crippen molar-refractivity contribution in [1.29, 1.82) is 0 Å². The lowest BCUT2D eigenvalue weighted by Crippen LogP contribution is -2.36. The lowest BCUT2D eigenvalue weighted by molar-refractivity contribution is -0.152. The Labute approximate surface area is 120 Å². The van der Waals surface area contributed by atoms with Crippen LogP contribution in [0.1, 0.15) is 31.4 Å². The first-order chi connectivity index (χ1) is 9.83. The van der Waals surface area contributed by atoms with Crippen LogP contribution in [0.5, 0.6) is 0 Å². The molecule has 0 saturated heterocycles. The second-order valence-corrected chi connectivity index (χ2v) is 4.48. The summed E-state index contributed by atoms with van der Waals surface area (Å²) in [6.07, 6.45) is 0.708. The van der Waals surface area contributed by atoms with Gasteiger partial charge in [-0.05, 0) is 24.1 Å². The molecule has 1 unspecified atom stereocenters. The third-order valence-corrected chi connectivity index (χ3v) is 2.99. The molecule has 1 aromatic rings. The Bertz CT molecular complexity index is 525. The molecule has 1 amide bonds.